The van der Waals surface area contributed by atoms with Crippen molar-refractivity contribution in [1.82, 2.24) is 10.3 Å². The molecule has 1 unspecified atom stereocenters. The van der Waals surface area contributed by atoms with Gasteiger partial charge >= 0.3 is 6.18 Å². The molecule has 0 radical (unpaired) electrons. The molecule has 2 aromatic rings. The van der Waals surface area contributed by atoms with Crippen LogP contribution in [-0.2, 0) is 6.18 Å². The van der Waals surface area contributed by atoms with Gasteiger partial charge in [-0.3, -0.25) is 4.79 Å². The average Bonchev–Trinajstić information content (AvgIpc) is 2.87. The predicted octanol–water partition coefficient (Wildman–Crippen LogP) is 4.29. The van der Waals surface area contributed by atoms with E-state index in [1.807, 2.05) is 0 Å². The lowest BCUT2D eigenvalue weighted by Crippen LogP contribution is -2.40. The Morgan fingerprint density at radius 1 is 1.40 bits per heavy atom. The molecule has 3 N–H and O–H groups in total. The smallest absolute Gasteiger partial charge is 0.347 e. The highest BCUT2D eigenvalue weighted by molar-refractivity contribution is 7.20. The summed E-state index contributed by atoms with van der Waals surface area (Å²) in [4.78, 5) is 16.7. The minimum Gasteiger partial charge on any atom is -0.347 e. The van der Waals surface area contributed by atoms with E-state index in [4.69, 9.17) is 5.73 Å². The summed E-state index contributed by atoms with van der Waals surface area (Å²) < 4.78 is 38.3. The number of alkyl halides is 3. The zero-order chi connectivity index (χ0) is 17.9. The number of carbonyl (C=O) groups excluding carboxylic acids is 1. The highest BCUT2D eigenvalue weighted by atomic mass is 35.5. The maximum atomic E-state index is 12.8. The van der Waals surface area contributed by atoms with Crippen LogP contribution in [0.1, 0.15) is 47.1 Å². The Balaban J connectivity index is 0.00000312. The number of nitrogens with one attached hydrogen (secondary N) is 1. The zero-order valence-corrected chi connectivity index (χ0v) is 15.6. The molecule has 0 saturated carbocycles. The van der Waals surface area contributed by atoms with Crippen LogP contribution >= 0.6 is 23.7 Å². The molecule has 4 nitrogen and oxygen atoms in total. The van der Waals surface area contributed by atoms with Crippen LogP contribution in [-0.4, -0.2) is 23.5 Å². The molecular weight excluding hydrogens is 375 g/mol. The first-order valence-electron chi connectivity index (χ1n) is 7.76. The summed E-state index contributed by atoms with van der Waals surface area (Å²) in [7, 11) is 0. The summed E-state index contributed by atoms with van der Waals surface area (Å²) in [5.74, 6) is -0.310. The highest BCUT2D eigenvalue weighted by Crippen LogP contribution is 2.34. The van der Waals surface area contributed by atoms with Gasteiger partial charge in [-0.05, 0) is 31.0 Å². The second kappa shape index (κ2) is 8.82. The fourth-order valence-corrected chi connectivity index (χ4v) is 3.51. The Bertz CT molecular complexity index is 733. The third-order valence-corrected chi connectivity index (χ3v) is 5.03. The van der Waals surface area contributed by atoms with Gasteiger partial charge in [-0.15, -0.1) is 23.7 Å². The van der Waals surface area contributed by atoms with E-state index in [9.17, 15) is 18.0 Å². The van der Waals surface area contributed by atoms with Gasteiger partial charge in [-0.1, -0.05) is 19.8 Å². The number of amides is 1. The van der Waals surface area contributed by atoms with Crippen LogP contribution in [0.25, 0.3) is 10.2 Å². The third kappa shape index (κ3) is 5.05. The maximum Gasteiger partial charge on any atom is 0.433 e. The monoisotopic (exact) mass is 395 g/mol. The molecule has 1 amide bonds. The standard InChI is InChI=1S/C16H20F3N3OS.ClH/c1-3-4-5-10(8-20)21-14(23)13-9(2)11-6-7-12(16(17,18)19)22-15(11)24-13;/h6-7,10H,3-5,8,20H2,1-2H3,(H,21,23);1H. The van der Waals surface area contributed by atoms with E-state index in [2.05, 4.69) is 17.2 Å². The van der Waals surface area contributed by atoms with Crippen molar-refractivity contribution in [1.29, 1.82) is 0 Å². The Labute approximate surface area is 154 Å². The van der Waals surface area contributed by atoms with Crippen LogP contribution in [0.3, 0.4) is 0 Å². The second-order valence-corrected chi connectivity index (χ2v) is 6.65. The summed E-state index contributed by atoms with van der Waals surface area (Å²) in [5, 5.41) is 3.43. The molecule has 0 fully saturated rings. The van der Waals surface area contributed by atoms with Gasteiger partial charge in [-0.2, -0.15) is 13.2 Å². The fraction of sp³-hybridized carbons (Fsp3) is 0.500. The SMILES string of the molecule is CCCCC(CN)NC(=O)c1sc2nc(C(F)(F)F)ccc2c1C.Cl. The highest BCUT2D eigenvalue weighted by Gasteiger charge is 2.33. The van der Waals surface area contributed by atoms with Crippen molar-refractivity contribution in [2.45, 2.75) is 45.3 Å². The van der Waals surface area contributed by atoms with E-state index in [0.717, 1.165) is 36.7 Å². The normalized spacial score (nSPS) is 12.7. The van der Waals surface area contributed by atoms with Crippen molar-refractivity contribution in [2.24, 2.45) is 5.73 Å². The Morgan fingerprint density at radius 3 is 2.64 bits per heavy atom. The van der Waals surface area contributed by atoms with Gasteiger partial charge in [0.15, 0.2) is 0 Å². The first kappa shape index (κ1) is 21.7. The first-order valence-corrected chi connectivity index (χ1v) is 8.57. The number of nitrogens with zero attached hydrogens (tertiary/aromatic N) is 1. The molecule has 0 aliphatic rings. The van der Waals surface area contributed by atoms with E-state index in [1.165, 1.54) is 6.07 Å². The van der Waals surface area contributed by atoms with E-state index < -0.39 is 11.9 Å². The third-order valence-electron chi connectivity index (χ3n) is 3.83. The molecule has 0 aliphatic heterocycles. The number of hydrogen-bond acceptors (Lipinski definition) is 4. The number of halogens is 4. The van der Waals surface area contributed by atoms with Crippen LogP contribution < -0.4 is 11.1 Å². The number of thiophene rings is 1. The number of unbranched alkanes of at least 4 members (excludes halogenated alkanes) is 1. The van der Waals surface area contributed by atoms with Gasteiger partial charge in [0.05, 0.1) is 4.88 Å². The molecule has 140 valence electrons. The number of aryl methyl sites for hydroxylation is 1. The number of carbonyl (C=O) groups is 1. The summed E-state index contributed by atoms with van der Waals surface area (Å²) >= 11 is 0.975. The van der Waals surface area contributed by atoms with Crippen molar-refractivity contribution >= 4 is 39.9 Å². The van der Waals surface area contributed by atoms with Crippen LogP contribution in [0.5, 0.6) is 0 Å². The van der Waals surface area contributed by atoms with Gasteiger partial charge < -0.3 is 11.1 Å². The molecule has 0 saturated heterocycles. The number of nitrogens with two attached hydrogens (primary N) is 1. The van der Waals surface area contributed by atoms with Crippen LogP contribution in [0.15, 0.2) is 12.1 Å². The van der Waals surface area contributed by atoms with E-state index in [1.54, 1.807) is 6.92 Å². The quantitative estimate of drug-likeness (QED) is 0.766. The Hall–Kier alpha value is -1.38. The molecule has 0 aliphatic carbocycles. The predicted molar refractivity (Wildman–Crippen MR) is 96.4 cm³/mol. The average molecular weight is 396 g/mol. The minimum atomic E-state index is -4.50. The lowest BCUT2D eigenvalue weighted by atomic mass is 10.1. The van der Waals surface area contributed by atoms with Crippen molar-refractivity contribution in [3.05, 3.63) is 28.3 Å². The summed E-state index contributed by atoms with van der Waals surface area (Å²) in [6, 6.07) is 2.17. The van der Waals surface area contributed by atoms with E-state index in [0.29, 0.717) is 22.4 Å². The van der Waals surface area contributed by atoms with Crippen molar-refractivity contribution in [3.63, 3.8) is 0 Å². The molecule has 2 aromatic heterocycles. The van der Waals surface area contributed by atoms with Crippen molar-refractivity contribution in [2.75, 3.05) is 6.54 Å². The fourth-order valence-electron chi connectivity index (χ4n) is 2.42. The minimum absolute atomic E-state index is 0. The van der Waals surface area contributed by atoms with Gasteiger partial charge in [0.25, 0.3) is 5.91 Å². The maximum absolute atomic E-state index is 12.8. The van der Waals surface area contributed by atoms with Gasteiger partial charge in [0.1, 0.15) is 10.5 Å². The lowest BCUT2D eigenvalue weighted by molar-refractivity contribution is -0.140. The number of fused-ring (bicyclic) bond motifs is 1. The molecule has 0 aromatic carbocycles. The molecular formula is C16H21ClF3N3OS. The largest absolute Gasteiger partial charge is 0.433 e. The van der Waals surface area contributed by atoms with Crippen molar-refractivity contribution < 1.29 is 18.0 Å². The Morgan fingerprint density at radius 2 is 2.08 bits per heavy atom. The molecule has 0 bridgehead atoms. The van der Waals surface area contributed by atoms with Crippen molar-refractivity contribution in [3.8, 4) is 0 Å². The van der Waals surface area contributed by atoms with E-state index >= 15 is 0 Å². The molecule has 25 heavy (non-hydrogen) atoms. The summed E-state index contributed by atoms with van der Waals surface area (Å²) in [6.45, 7) is 4.09. The van der Waals surface area contributed by atoms with Gasteiger partial charge in [0.2, 0.25) is 0 Å². The summed E-state index contributed by atoms with van der Waals surface area (Å²) in [6.07, 6.45) is -1.78. The zero-order valence-electron chi connectivity index (χ0n) is 13.9. The van der Waals surface area contributed by atoms with Crippen LogP contribution in [0.2, 0.25) is 0 Å². The number of pyridine rings is 1. The molecule has 2 rings (SSSR count). The number of hydrogen-bond donors (Lipinski definition) is 2. The molecule has 2 heterocycles. The lowest BCUT2D eigenvalue weighted by Gasteiger charge is -2.16. The second-order valence-electron chi connectivity index (χ2n) is 5.65. The first-order chi connectivity index (χ1) is 11.3. The number of aromatic nitrogens is 1. The molecule has 1 atom stereocenters. The van der Waals surface area contributed by atoms with Gasteiger partial charge in [0, 0.05) is 18.0 Å². The number of rotatable bonds is 6. The molecule has 9 heteroatoms. The van der Waals surface area contributed by atoms with Crippen LogP contribution in [0, 0.1) is 6.92 Å². The summed E-state index contributed by atoms with van der Waals surface area (Å²) in [5.41, 5.74) is 5.36. The van der Waals surface area contributed by atoms with Crippen LogP contribution in [0.4, 0.5) is 13.2 Å². The molecule has 0 spiro atoms. The Kier molecular flexibility index (Phi) is 7.64. The van der Waals surface area contributed by atoms with E-state index in [-0.39, 0.29) is 29.2 Å². The van der Waals surface area contributed by atoms with Gasteiger partial charge in [-0.25, -0.2) is 4.98 Å². The topological polar surface area (TPSA) is 68.0 Å².